The number of anilines is 1. The van der Waals surface area contributed by atoms with Crippen molar-refractivity contribution in [1.82, 2.24) is 5.16 Å². The Hall–Kier alpha value is -4.23. The number of hydrogen-bond acceptors (Lipinski definition) is 6. The van der Waals surface area contributed by atoms with Gasteiger partial charge in [0.2, 0.25) is 6.29 Å². The summed E-state index contributed by atoms with van der Waals surface area (Å²) in [4.78, 5) is 39.1. The van der Waals surface area contributed by atoms with Crippen LogP contribution in [0.2, 0.25) is 5.02 Å². The first-order chi connectivity index (χ1) is 17.0. The molecule has 0 aliphatic carbocycles. The highest BCUT2D eigenvalue weighted by atomic mass is 35.5. The Morgan fingerprint density at radius 1 is 1.03 bits per heavy atom. The number of methoxy groups -OCH3 is 1. The van der Waals surface area contributed by atoms with Gasteiger partial charge in [0, 0.05) is 34.3 Å². The number of aromatic nitrogens is 1. The molecule has 0 fully saturated rings. The van der Waals surface area contributed by atoms with E-state index in [0.29, 0.717) is 33.3 Å². The number of hydrogen-bond donors (Lipinski definition) is 0. The van der Waals surface area contributed by atoms with E-state index in [4.69, 9.17) is 20.9 Å². The van der Waals surface area contributed by atoms with E-state index in [9.17, 15) is 14.4 Å². The number of halogens is 1. The first-order valence-electron chi connectivity index (χ1n) is 10.7. The Labute approximate surface area is 206 Å². The number of carbonyl (C=O) groups is 3. The van der Waals surface area contributed by atoms with Crippen LogP contribution in [0.1, 0.15) is 28.4 Å². The molecule has 176 valence electrons. The van der Waals surface area contributed by atoms with Crippen molar-refractivity contribution >= 4 is 35.3 Å². The average Bonchev–Trinajstić information content (AvgIpc) is 3.44. The molecule has 1 heterocycles. The molecule has 0 spiro atoms. The van der Waals surface area contributed by atoms with Crippen LogP contribution < -0.4 is 9.64 Å². The molecule has 1 aromatic heterocycles. The standard InChI is InChI=1S/C27H21ClN2O5/c1-34-21-12-8-19(9-13-21)26(32)16-25(22-4-2-3-5-23(22)28)30(27(33)17-31)20-10-6-18(7-11-20)24-14-15-35-29-24/h2-15,17,25H,16H2,1H3. The Kier molecular flexibility index (Phi) is 7.38. The second kappa shape index (κ2) is 10.8. The maximum atomic E-state index is 13.3. The van der Waals surface area contributed by atoms with Crippen molar-refractivity contribution in [1.29, 1.82) is 0 Å². The first-order valence-corrected chi connectivity index (χ1v) is 11.1. The van der Waals surface area contributed by atoms with Crippen molar-refractivity contribution in [3.63, 3.8) is 0 Å². The molecule has 4 aromatic rings. The average molecular weight is 489 g/mol. The molecule has 0 radical (unpaired) electrons. The van der Waals surface area contributed by atoms with E-state index in [1.165, 1.54) is 11.2 Å². The van der Waals surface area contributed by atoms with Gasteiger partial charge >= 0.3 is 0 Å². The lowest BCUT2D eigenvalue weighted by Gasteiger charge is -2.31. The quantitative estimate of drug-likeness (QED) is 0.174. The maximum Gasteiger partial charge on any atom is 0.291 e. The molecule has 1 atom stereocenters. The predicted octanol–water partition coefficient (Wildman–Crippen LogP) is 5.55. The Morgan fingerprint density at radius 3 is 2.34 bits per heavy atom. The van der Waals surface area contributed by atoms with Crippen LogP contribution >= 0.6 is 11.6 Å². The molecule has 35 heavy (non-hydrogen) atoms. The molecular weight excluding hydrogens is 468 g/mol. The molecule has 8 heteroatoms. The van der Waals surface area contributed by atoms with Gasteiger partial charge in [-0.1, -0.05) is 47.1 Å². The van der Waals surface area contributed by atoms with Gasteiger partial charge in [-0.2, -0.15) is 0 Å². The number of rotatable bonds is 9. The number of aldehydes is 1. The van der Waals surface area contributed by atoms with Gasteiger partial charge in [0.25, 0.3) is 5.91 Å². The number of ketones is 1. The van der Waals surface area contributed by atoms with E-state index in [1.54, 1.807) is 86.0 Å². The lowest BCUT2D eigenvalue weighted by molar-refractivity contribution is -0.129. The van der Waals surface area contributed by atoms with Crippen molar-refractivity contribution in [3.8, 4) is 17.0 Å². The van der Waals surface area contributed by atoms with E-state index < -0.39 is 11.9 Å². The normalized spacial score (nSPS) is 11.5. The second-order valence-electron chi connectivity index (χ2n) is 7.65. The van der Waals surface area contributed by atoms with Gasteiger partial charge in [0.15, 0.2) is 5.78 Å². The van der Waals surface area contributed by atoms with Gasteiger partial charge in [-0.3, -0.25) is 19.3 Å². The third-order valence-corrected chi connectivity index (χ3v) is 5.93. The highest BCUT2D eigenvalue weighted by Crippen LogP contribution is 2.35. The van der Waals surface area contributed by atoms with Crippen LogP contribution in [-0.2, 0) is 9.59 Å². The molecule has 0 N–H and O–H groups in total. The van der Waals surface area contributed by atoms with Gasteiger partial charge in [-0.25, -0.2) is 0 Å². The molecule has 0 bridgehead atoms. The van der Waals surface area contributed by atoms with Crippen molar-refractivity contribution in [3.05, 3.63) is 101 Å². The van der Waals surface area contributed by atoms with Crippen molar-refractivity contribution in [2.45, 2.75) is 12.5 Å². The van der Waals surface area contributed by atoms with Gasteiger partial charge in [0.1, 0.15) is 17.7 Å². The van der Waals surface area contributed by atoms with E-state index in [0.717, 1.165) is 5.56 Å². The minimum atomic E-state index is -0.825. The summed E-state index contributed by atoms with van der Waals surface area (Å²) in [6.07, 6.45) is 1.59. The smallest absolute Gasteiger partial charge is 0.291 e. The Balaban J connectivity index is 1.75. The minimum Gasteiger partial charge on any atom is -0.497 e. The molecule has 4 rings (SSSR count). The molecule has 7 nitrogen and oxygen atoms in total. The molecule has 1 unspecified atom stereocenters. The number of benzene rings is 3. The zero-order valence-corrected chi connectivity index (χ0v) is 19.5. The summed E-state index contributed by atoms with van der Waals surface area (Å²) in [5.74, 6) is -0.402. The topological polar surface area (TPSA) is 89.7 Å². The molecule has 3 aromatic carbocycles. The first kappa shape index (κ1) is 23.9. The highest BCUT2D eigenvalue weighted by Gasteiger charge is 2.30. The van der Waals surface area contributed by atoms with Crippen molar-refractivity contribution in [2.75, 3.05) is 12.0 Å². The fourth-order valence-corrected chi connectivity index (χ4v) is 4.09. The molecule has 0 aliphatic heterocycles. The van der Waals surface area contributed by atoms with Crippen LogP contribution in [0.3, 0.4) is 0 Å². The van der Waals surface area contributed by atoms with E-state index in [2.05, 4.69) is 5.16 Å². The summed E-state index contributed by atoms with van der Waals surface area (Å²) in [5, 5.41) is 4.29. The predicted molar refractivity (Wildman–Crippen MR) is 132 cm³/mol. The largest absolute Gasteiger partial charge is 0.497 e. The molecular formula is C27H21ClN2O5. The van der Waals surface area contributed by atoms with Gasteiger partial charge in [0.05, 0.1) is 13.2 Å². The molecule has 1 amide bonds. The van der Waals surface area contributed by atoms with E-state index >= 15 is 0 Å². The highest BCUT2D eigenvalue weighted by molar-refractivity contribution is 6.32. The van der Waals surface area contributed by atoms with Crippen molar-refractivity contribution < 1.29 is 23.6 Å². The monoisotopic (exact) mass is 488 g/mol. The fraction of sp³-hybridized carbons (Fsp3) is 0.111. The number of nitrogens with zero attached hydrogens (tertiary/aromatic N) is 2. The zero-order chi connectivity index (χ0) is 24.8. The summed E-state index contributed by atoms with van der Waals surface area (Å²) < 4.78 is 10.1. The van der Waals surface area contributed by atoms with Gasteiger partial charge in [-0.05, 0) is 48.0 Å². The van der Waals surface area contributed by atoms with E-state index in [1.807, 2.05) is 0 Å². The summed E-state index contributed by atoms with van der Waals surface area (Å²) >= 11 is 6.49. The molecule has 0 saturated carbocycles. The summed E-state index contributed by atoms with van der Waals surface area (Å²) in [6.45, 7) is 0. The molecule has 0 saturated heterocycles. The number of Topliss-reactive ketones (excluding diaryl/α,β-unsaturated/α-hetero) is 1. The number of ether oxygens (including phenoxy) is 1. The second-order valence-corrected chi connectivity index (χ2v) is 8.06. The minimum absolute atomic E-state index is 0.0965. The van der Waals surface area contributed by atoms with Crippen LogP contribution in [0, 0.1) is 0 Å². The third kappa shape index (κ3) is 5.31. The van der Waals surface area contributed by atoms with E-state index in [-0.39, 0.29) is 18.5 Å². The molecule has 0 aliphatic rings. The van der Waals surface area contributed by atoms with Crippen LogP contribution in [0.5, 0.6) is 5.75 Å². The summed E-state index contributed by atoms with van der Waals surface area (Å²) in [7, 11) is 1.54. The van der Waals surface area contributed by atoms with Crippen LogP contribution in [-0.4, -0.2) is 30.2 Å². The van der Waals surface area contributed by atoms with Crippen LogP contribution in [0.25, 0.3) is 11.3 Å². The summed E-state index contributed by atoms with van der Waals surface area (Å²) in [6, 6.07) is 21.4. The lowest BCUT2D eigenvalue weighted by atomic mass is 9.95. The lowest BCUT2D eigenvalue weighted by Crippen LogP contribution is -2.37. The third-order valence-electron chi connectivity index (χ3n) is 5.58. The number of carbonyl (C=O) groups excluding carboxylic acids is 3. The number of amides is 1. The summed E-state index contributed by atoms with van der Waals surface area (Å²) in [5.41, 5.74) is 2.82. The van der Waals surface area contributed by atoms with Gasteiger partial charge in [-0.15, -0.1) is 0 Å². The SMILES string of the molecule is COc1ccc(C(=O)CC(c2ccccc2Cl)N(C(=O)C=O)c2ccc(-c3ccon3)cc2)cc1. The Morgan fingerprint density at radius 2 is 1.74 bits per heavy atom. The zero-order valence-electron chi connectivity index (χ0n) is 18.8. The van der Waals surface area contributed by atoms with Gasteiger partial charge < -0.3 is 9.26 Å². The Bertz CT molecular complexity index is 1320. The fourth-order valence-electron chi connectivity index (χ4n) is 3.83. The van der Waals surface area contributed by atoms with Crippen molar-refractivity contribution in [2.24, 2.45) is 0 Å². The van der Waals surface area contributed by atoms with Crippen LogP contribution in [0.4, 0.5) is 5.69 Å². The van der Waals surface area contributed by atoms with Crippen LogP contribution in [0.15, 0.2) is 89.6 Å². The maximum absolute atomic E-state index is 13.3.